The second-order valence-corrected chi connectivity index (χ2v) is 7.57. The van der Waals surface area contributed by atoms with Crippen molar-refractivity contribution in [2.75, 3.05) is 20.0 Å². The fourth-order valence-electron chi connectivity index (χ4n) is 3.17. The first-order valence-corrected chi connectivity index (χ1v) is 10.6. The Morgan fingerprint density at radius 1 is 0.871 bits per heavy atom. The monoisotopic (exact) mass is 431 g/mol. The topological polar surface area (TPSA) is 66.2 Å². The summed E-state index contributed by atoms with van der Waals surface area (Å²) in [5.74, 6) is 2.03. The Morgan fingerprint density at radius 3 is 2.23 bits per heavy atom. The number of carbonyl (C=O) groups is 1. The van der Waals surface area contributed by atoms with Crippen molar-refractivity contribution in [2.45, 2.75) is 5.16 Å². The predicted octanol–water partition coefficient (Wildman–Crippen LogP) is 4.93. The summed E-state index contributed by atoms with van der Waals surface area (Å²) in [7, 11) is 3.12. The van der Waals surface area contributed by atoms with Gasteiger partial charge in [-0.2, -0.15) is 0 Å². The van der Waals surface area contributed by atoms with Crippen molar-refractivity contribution < 1.29 is 14.3 Å². The Hall–Kier alpha value is -3.58. The third kappa shape index (κ3) is 4.46. The van der Waals surface area contributed by atoms with Crippen LogP contribution in [0.25, 0.3) is 17.1 Å². The number of rotatable bonds is 8. The highest BCUT2D eigenvalue weighted by atomic mass is 32.2. The van der Waals surface area contributed by atoms with E-state index < -0.39 is 0 Å². The Morgan fingerprint density at radius 2 is 1.55 bits per heavy atom. The van der Waals surface area contributed by atoms with E-state index in [-0.39, 0.29) is 11.5 Å². The lowest BCUT2D eigenvalue weighted by molar-refractivity contribution is 0.102. The van der Waals surface area contributed by atoms with Crippen LogP contribution in [-0.2, 0) is 0 Å². The quantitative estimate of drug-likeness (QED) is 0.291. The highest BCUT2D eigenvalue weighted by Crippen LogP contribution is 2.30. The van der Waals surface area contributed by atoms with Gasteiger partial charge in [0.1, 0.15) is 0 Å². The molecule has 156 valence electrons. The molecule has 0 aliphatic carbocycles. The van der Waals surface area contributed by atoms with Crippen LogP contribution in [0.5, 0.6) is 11.5 Å². The van der Waals surface area contributed by atoms with Gasteiger partial charge in [0.2, 0.25) is 0 Å². The minimum Gasteiger partial charge on any atom is -0.493 e. The number of hydrogen-bond acceptors (Lipinski definition) is 6. The molecule has 4 aromatic rings. The molecular weight excluding hydrogens is 410 g/mol. The fourth-order valence-corrected chi connectivity index (χ4v) is 4.02. The molecule has 0 saturated heterocycles. The van der Waals surface area contributed by atoms with Gasteiger partial charge in [-0.1, -0.05) is 60.3 Å². The van der Waals surface area contributed by atoms with Gasteiger partial charge in [-0.05, 0) is 30.3 Å². The van der Waals surface area contributed by atoms with Crippen LogP contribution >= 0.6 is 11.8 Å². The molecule has 0 amide bonds. The average molecular weight is 432 g/mol. The van der Waals surface area contributed by atoms with Crippen LogP contribution in [-0.4, -0.2) is 40.5 Å². The van der Waals surface area contributed by atoms with E-state index in [4.69, 9.17) is 9.47 Å². The molecule has 0 unspecified atom stereocenters. The van der Waals surface area contributed by atoms with Gasteiger partial charge in [-0.25, -0.2) is 0 Å². The van der Waals surface area contributed by atoms with Crippen LogP contribution in [0.3, 0.4) is 0 Å². The smallest absolute Gasteiger partial charge is 0.196 e. The number of methoxy groups -OCH3 is 2. The number of aromatic nitrogens is 3. The molecule has 0 aliphatic rings. The van der Waals surface area contributed by atoms with Crippen molar-refractivity contribution in [3.05, 3.63) is 84.4 Å². The van der Waals surface area contributed by atoms with Gasteiger partial charge in [-0.3, -0.25) is 9.36 Å². The molecule has 0 saturated carbocycles. The number of Topliss-reactive ketones (excluding diaryl/α,β-unsaturated/α-hetero) is 1. The van der Waals surface area contributed by atoms with Gasteiger partial charge in [-0.15, -0.1) is 10.2 Å². The number of hydrogen-bond donors (Lipinski definition) is 0. The molecular formula is C24H21N3O3S. The summed E-state index contributed by atoms with van der Waals surface area (Å²) in [6.45, 7) is 0. The number of carbonyl (C=O) groups excluding carboxylic acids is 1. The van der Waals surface area contributed by atoms with E-state index in [0.29, 0.717) is 22.2 Å². The van der Waals surface area contributed by atoms with Crippen LogP contribution in [0, 0.1) is 0 Å². The average Bonchev–Trinajstić information content (AvgIpc) is 3.27. The first kappa shape index (κ1) is 20.7. The summed E-state index contributed by atoms with van der Waals surface area (Å²) in [5, 5.41) is 9.43. The first-order chi connectivity index (χ1) is 15.2. The summed E-state index contributed by atoms with van der Waals surface area (Å²) in [6, 6.07) is 24.9. The molecule has 0 atom stereocenters. The van der Waals surface area contributed by atoms with E-state index in [1.54, 1.807) is 32.4 Å². The molecule has 3 aromatic carbocycles. The molecule has 0 aliphatic heterocycles. The number of ether oxygens (including phenoxy) is 2. The number of para-hydroxylation sites is 1. The van der Waals surface area contributed by atoms with Gasteiger partial charge in [0.15, 0.2) is 28.3 Å². The first-order valence-electron chi connectivity index (χ1n) is 9.65. The standard InChI is InChI=1S/C24H21N3O3S/c1-29-21-14-13-18(15-22(21)30-2)20(28)16-31-24-26-25-23(17-9-5-3-6-10-17)27(24)19-11-7-4-8-12-19/h3-15H,16H2,1-2H3. The van der Waals surface area contributed by atoms with E-state index in [0.717, 1.165) is 17.1 Å². The van der Waals surface area contributed by atoms with Crippen LogP contribution in [0.1, 0.15) is 10.4 Å². The predicted molar refractivity (Wildman–Crippen MR) is 121 cm³/mol. The maximum absolute atomic E-state index is 12.8. The van der Waals surface area contributed by atoms with Crippen molar-refractivity contribution in [1.29, 1.82) is 0 Å². The second-order valence-electron chi connectivity index (χ2n) is 6.62. The van der Waals surface area contributed by atoms with E-state index in [2.05, 4.69) is 10.2 Å². The minimum atomic E-state index is -0.0326. The summed E-state index contributed by atoms with van der Waals surface area (Å²) in [5.41, 5.74) is 2.45. The molecule has 0 radical (unpaired) electrons. The Balaban J connectivity index is 1.62. The normalized spacial score (nSPS) is 10.6. The molecule has 31 heavy (non-hydrogen) atoms. The van der Waals surface area contributed by atoms with Gasteiger partial charge >= 0.3 is 0 Å². The van der Waals surface area contributed by atoms with Crippen LogP contribution in [0.4, 0.5) is 0 Å². The summed E-state index contributed by atoms with van der Waals surface area (Å²) < 4.78 is 12.5. The van der Waals surface area contributed by atoms with Crippen LogP contribution in [0.2, 0.25) is 0 Å². The number of thioether (sulfide) groups is 1. The lowest BCUT2D eigenvalue weighted by Crippen LogP contribution is -2.05. The van der Waals surface area contributed by atoms with E-state index in [1.165, 1.54) is 11.8 Å². The van der Waals surface area contributed by atoms with Gasteiger partial charge < -0.3 is 9.47 Å². The van der Waals surface area contributed by atoms with E-state index >= 15 is 0 Å². The lowest BCUT2D eigenvalue weighted by atomic mass is 10.1. The highest BCUT2D eigenvalue weighted by Gasteiger charge is 2.18. The Labute approximate surface area is 184 Å². The van der Waals surface area contributed by atoms with Crippen LogP contribution in [0.15, 0.2) is 84.0 Å². The van der Waals surface area contributed by atoms with Crippen molar-refractivity contribution in [3.63, 3.8) is 0 Å². The molecule has 0 bridgehead atoms. The molecule has 0 N–H and O–H groups in total. The Kier molecular flexibility index (Phi) is 6.33. The van der Waals surface area contributed by atoms with E-state index in [1.807, 2.05) is 65.2 Å². The molecule has 1 aromatic heterocycles. The molecule has 1 heterocycles. The van der Waals surface area contributed by atoms with Crippen molar-refractivity contribution in [3.8, 4) is 28.6 Å². The molecule has 7 heteroatoms. The zero-order chi connectivity index (χ0) is 21.6. The second kappa shape index (κ2) is 9.49. The molecule has 0 fully saturated rings. The van der Waals surface area contributed by atoms with Crippen molar-refractivity contribution >= 4 is 17.5 Å². The van der Waals surface area contributed by atoms with Gasteiger partial charge in [0.05, 0.1) is 20.0 Å². The molecule has 4 rings (SSSR count). The third-order valence-electron chi connectivity index (χ3n) is 4.72. The number of benzene rings is 3. The Bertz CT molecular complexity index is 1180. The summed E-state index contributed by atoms with van der Waals surface area (Å²) in [4.78, 5) is 12.8. The van der Waals surface area contributed by atoms with Crippen LogP contribution < -0.4 is 9.47 Å². The fraction of sp³-hybridized carbons (Fsp3) is 0.125. The maximum atomic E-state index is 12.8. The lowest BCUT2D eigenvalue weighted by Gasteiger charge is -2.11. The van der Waals surface area contributed by atoms with Gasteiger partial charge in [0.25, 0.3) is 0 Å². The van der Waals surface area contributed by atoms with Crippen molar-refractivity contribution in [2.24, 2.45) is 0 Å². The molecule has 0 spiro atoms. The third-order valence-corrected chi connectivity index (χ3v) is 5.65. The largest absolute Gasteiger partial charge is 0.493 e. The maximum Gasteiger partial charge on any atom is 0.196 e. The van der Waals surface area contributed by atoms with Gasteiger partial charge in [0, 0.05) is 16.8 Å². The number of nitrogens with zero attached hydrogens (tertiary/aromatic N) is 3. The van der Waals surface area contributed by atoms with Crippen molar-refractivity contribution in [1.82, 2.24) is 14.8 Å². The zero-order valence-corrected chi connectivity index (χ0v) is 18.0. The van der Waals surface area contributed by atoms with E-state index in [9.17, 15) is 4.79 Å². The summed E-state index contributed by atoms with van der Waals surface area (Å²) in [6.07, 6.45) is 0. The number of ketones is 1. The highest BCUT2D eigenvalue weighted by molar-refractivity contribution is 7.99. The minimum absolute atomic E-state index is 0.0326. The molecule has 6 nitrogen and oxygen atoms in total. The zero-order valence-electron chi connectivity index (χ0n) is 17.2. The SMILES string of the molecule is COc1ccc(C(=O)CSc2nnc(-c3ccccc3)n2-c2ccccc2)cc1OC. The summed E-state index contributed by atoms with van der Waals surface area (Å²) >= 11 is 1.35.